The highest BCUT2D eigenvalue weighted by Crippen LogP contribution is 2.18. The Morgan fingerprint density at radius 2 is 1.18 bits per heavy atom. The van der Waals surface area contributed by atoms with Crippen molar-refractivity contribution in [1.29, 1.82) is 0 Å². The first-order valence-electron chi connectivity index (χ1n) is 7.83. The van der Waals surface area contributed by atoms with Crippen LogP contribution in [-0.2, 0) is 9.59 Å². The van der Waals surface area contributed by atoms with E-state index < -0.39 is 0 Å². The van der Waals surface area contributed by atoms with Crippen LogP contribution >= 0.6 is 23.5 Å². The summed E-state index contributed by atoms with van der Waals surface area (Å²) in [6, 6.07) is 0. The predicted molar refractivity (Wildman–Crippen MR) is 88.5 cm³/mol. The fraction of sp³-hybridized carbons (Fsp3) is 0.714. The molecular weight excluding hydrogens is 320 g/mol. The van der Waals surface area contributed by atoms with Crippen molar-refractivity contribution in [2.75, 3.05) is 37.7 Å². The van der Waals surface area contributed by atoms with Gasteiger partial charge >= 0.3 is 22.1 Å². The minimum absolute atomic E-state index is 0.196. The summed E-state index contributed by atoms with van der Waals surface area (Å²) in [6.07, 6.45) is 3.92. The van der Waals surface area contributed by atoms with E-state index in [4.69, 9.17) is 0 Å². The smallest absolute Gasteiger partial charge is 0.268 e. The number of carbonyl (C=O) groups excluding carboxylic acids is 2. The molecule has 3 heterocycles. The van der Waals surface area contributed by atoms with Crippen molar-refractivity contribution in [1.82, 2.24) is 9.80 Å². The van der Waals surface area contributed by atoms with Gasteiger partial charge in [-0.3, -0.25) is 9.98 Å². The molecule has 2 N–H and O–H groups in total. The normalized spacial score (nSPS) is 24.5. The topological polar surface area (TPSA) is 68.6 Å². The average Bonchev–Trinajstić information content (AvgIpc) is 3.03. The van der Waals surface area contributed by atoms with Crippen LogP contribution in [0.4, 0.5) is 0 Å². The quantitative estimate of drug-likeness (QED) is 0.514. The van der Waals surface area contributed by atoms with Crippen molar-refractivity contribution < 1.29 is 19.6 Å². The lowest BCUT2D eigenvalue weighted by molar-refractivity contribution is -0.472. The molecule has 0 radical (unpaired) electrons. The van der Waals surface area contributed by atoms with Gasteiger partial charge in [0.1, 0.15) is 11.5 Å². The van der Waals surface area contributed by atoms with Crippen LogP contribution in [0.2, 0.25) is 0 Å². The van der Waals surface area contributed by atoms with Gasteiger partial charge in [0.05, 0.1) is 26.2 Å². The molecule has 6 nitrogen and oxygen atoms in total. The van der Waals surface area contributed by atoms with E-state index in [-0.39, 0.29) is 11.8 Å². The lowest BCUT2D eigenvalue weighted by Gasteiger charge is -2.11. The molecule has 0 aromatic rings. The summed E-state index contributed by atoms with van der Waals surface area (Å²) in [7, 11) is 0. The van der Waals surface area contributed by atoms with Crippen LogP contribution in [-0.4, -0.2) is 69.6 Å². The fourth-order valence-electron chi connectivity index (χ4n) is 2.72. The van der Waals surface area contributed by atoms with Crippen molar-refractivity contribution in [3.8, 4) is 0 Å². The molecule has 0 spiro atoms. The highest BCUT2D eigenvalue weighted by Gasteiger charge is 2.37. The van der Waals surface area contributed by atoms with Gasteiger partial charge < -0.3 is 0 Å². The largest absolute Gasteiger partial charge is 0.320 e. The number of hydrogen-bond acceptors (Lipinski definition) is 4. The molecule has 0 saturated carbocycles. The number of hydrogen-bond donors (Lipinski definition) is 2. The number of amides is 2. The molecule has 3 aliphatic heterocycles. The molecule has 0 unspecified atom stereocenters. The zero-order chi connectivity index (χ0) is 15.4. The summed E-state index contributed by atoms with van der Waals surface area (Å²) in [4.78, 5) is 34.4. The third kappa shape index (κ3) is 3.65. The molecule has 3 rings (SSSR count). The summed E-state index contributed by atoms with van der Waals surface area (Å²) in [6.45, 7) is 3.26. The molecule has 3 aliphatic rings. The van der Waals surface area contributed by atoms with Crippen LogP contribution < -0.4 is 9.98 Å². The Hall–Kier alpha value is -1.02. The molecule has 0 aliphatic carbocycles. The van der Waals surface area contributed by atoms with Gasteiger partial charge in [0, 0.05) is 0 Å². The van der Waals surface area contributed by atoms with Gasteiger partial charge in [0.25, 0.3) is 0 Å². The number of rotatable bonds is 0. The standard InChI is InChI=1S/C14H20N4O2S2/c19-11-9-21-13-15-5-1-2-6-16-14-18(12(20)10-22-14)8-4-3-7-17(11)13/h1-10H2/p+2. The molecule has 0 bridgehead atoms. The first-order valence-corrected chi connectivity index (χ1v) is 9.81. The van der Waals surface area contributed by atoms with E-state index >= 15 is 0 Å². The highest BCUT2D eigenvalue weighted by molar-refractivity contribution is 8.15. The van der Waals surface area contributed by atoms with Gasteiger partial charge in [-0.25, -0.2) is 9.59 Å². The zero-order valence-electron chi connectivity index (χ0n) is 12.6. The van der Waals surface area contributed by atoms with Crippen LogP contribution in [0.15, 0.2) is 0 Å². The van der Waals surface area contributed by atoms with Crippen LogP contribution in [0.5, 0.6) is 0 Å². The van der Waals surface area contributed by atoms with E-state index in [9.17, 15) is 9.59 Å². The zero-order valence-corrected chi connectivity index (χ0v) is 14.2. The average molecular weight is 342 g/mol. The van der Waals surface area contributed by atoms with Gasteiger partial charge in [-0.05, 0) is 49.2 Å². The Bertz CT molecular complexity index is 475. The van der Waals surface area contributed by atoms with Gasteiger partial charge in [0.15, 0.2) is 0 Å². The second kappa shape index (κ2) is 7.50. The van der Waals surface area contributed by atoms with E-state index in [0.717, 1.165) is 62.2 Å². The highest BCUT2D eigenvalue weighted by atomic mass is 32.2. The number of nitrogens with zero attached hydrogens (tertiary/aromatic N) is 2. The Morgan fingerprint density at radius 1 is 0.727 bits per heavy atom. The van der Waals surface area contributed by atoms with Crippen molar-refractivity contribution in [3.05, 3.63) is 0 Å². The van der Waals surface area contributed by atoms with Gasteiger partial charge in [0.2, 0.25) is 0 Å². The maximum atomic E-state index is 11.9. The minimum Gasteiger partial charge on any atom is -0.268 e. The SMILES string of the molecule is O=C1CSC2=[NH+]CCCC[NH+]=C3SCC(=O)N3CCCCN12. The van der Waals surface area contributed by atoms with Gasteiger partial charge in [-0.1, -0.05) is 0 Å². The first kappa shape index (κ1) is 15.9. The lowest BCUT2D eigenvalue weighted by Crippen LogP contribution is -2.77. The number of carbonyl (C=O) groups is 2. The summed E-state index contributed by atoms with van der Waals surface area (Å²) >= 11 is 3.21. The van der Waals surface area contributed by atoms with Crippen molar-refractivity contribution in [2.45, 2.75) is 25.7 Å². The number of amidine groups is 2. The monoisotopic (exact) mass is 342 g/mol. The molecule has 22 heavy (non-hydrogen) atoms. The molecule has 2 fully saturated rings. The lowest BCUT2D eigenvalue weighted by atomic mass is 10.2. The Labute approximate surface area is 138 Å². The molecule has 2 saturated heterocycles. The van der Waals surface area contributed by atoms with E-state index in [1.807, 2.05) is 9.80 Å². The van der Waals surface area contributed by atoms with Crippen LogP contribution in [0, 0.1) is 0 Å². The number of thioether (sulfide) groups is 2. The third-order valence-corrected chi connectivity index (χ3v) is 5.99. The fourth-order valence-corrected chi connectivity index (χ4v) is 4.66. The molecule has 0 atom stereocenters. The maximum Gasteiger partial charge on any atom is 0.320 e. The van der Waals surface area contributed by atoms with E-state index in [0.29, 0.717) is 11.5 Å². The van der Waals surface area contributed by atoms with Gasteiger partial charge in [-0.2, -0.15) is 9.80 Å². The Balaban J connectivity index is 1.66. The van der Waals surface area contributed by atoms with Crippen LogP contribution in [0.3, 0.4) is 0 Å². The Morgan fingerprint density at radius 3 is 1.64 bits per heavy atom. The maximum absolute atomic E-state index is 11.9. The molecule has 120 valence electrons. The van der Waals surface area contributed by atoms with Crippen molar-refractivity contribution in [2.24, 2.45) is 0 Å². The van der Waals surface area contributed by atoms with Gasteiger partial charge in [-0.15, -0.1) is 0 Å². The van der Waals surface area contributed by atoms with E-state index in [2.05, 4.69) is 9.98 Å². The molecule has 2 amide bonds. The minimum atomic E-state index is 0.196. The van der Waals surface area contributed by atoms with E-state index in [1.54, 1.807) is 23.5 Å². The van der Waals surface area contributed by atoms with Crippen molar-refractivity contribution in [3.63, 3.8) is 0 Å². The Kier molecular flexibility index (Phi) is 5.41. The first-order chi connectivity index (χ1) is 10.8. The number of fused-ring (bicyclic) bond motifs is 2. The second-order valence-corrected chi connectivity index (χ2v) is 7.47. The van der Waals surface area contributed by atoms with Crippen molar-refractivity contribution >= 4 is 45.7 Å². The number of nitrogens with one attached hydrogen (secondary N) is 2. The molecule has 8 heteroatoms. The van der Waals surface area contributed by atoms with Crippen LogP contribution in [0.1, 0.15) is 25.7 Å². The summed E-state index contributed by atoms with van der Waals surface area (Å²) in [5.74, 6) is 1.48. The van der Waals surface area contributed by atoms with E-state index in [1.165, 1.54) is 0 Å². The third-order valence-electron chi connectivity index (χ3n) is 3.93. The molecule has 0 aromatic carbocycles. The summed E-state index contributed by atoms with van der Waals surface area (Å²) < 4.78 is 0. The second-order valence-electron chi connectivity index (χ2n) is 5.55. The summed E-state index contributed by atoms with van der Waals surface area (Å²) in [5.41, 5.74) is 0. The van der Waals surface area contributed by atoms with Crippen LogP contribution in [0.25, 0.3) is 0 Å². The summed E-state index contributed by atoms with van der Waals surface area (Å²) in [5, 5.41) is 2.02. The molecular formula is C14H22N4O2S2+2. The predicted octanol–water partition coefficient (Wildman–Crippen LogP) is -2.42. The molecule has 0 aromatic heterocycles.